The average molecular weight is 330 g/mol. The Hall–Kier alpha value is -2.04. The van der Waals surface area contributed by atoms with Gasteiger partial charge in [0.1, 0.15) is 16.0 Å². The number of thiazole rings is 1. The number of benzene rings is 1. The maximum atomic E-state index is 12.6. The van der Waals surface area contributed by atoms with Crippen LogP contribution in [0.5, 0.6) is 0 Å². The molecule has 0 spiro atoms. The first-order chi connectivity index (χ1) is 9.90. The Bertz CT molecular complexity index is 699. The summed E-state index contributed by atoms with van der Waals surface area (Å²) >= 11 is 6.41. The summed E-state index contributed by atoms with van der Waals surface area (Å²) in [7, 11) is 0. The Morgan fingerprint density at radius 1 is 1.29 bits per heavy atom. The first kappa shape index (κ1) is 15.4. The molecule has 0 radical (unpaired) electrons. The molecular weight excluding hydrogens is 323 g/mol. The van der Waals surface area contributed by atoms with E-state index in [1.807, 2.05) is 0 Å². The van der Waals surface area contributed by atoms with Crippen molar-refractivity contribution in [1.82, 2.24) is 4.98 Å². The van der Waals surface area contributed by atoms with Crippen LogP contribution in [0.1, 0.15) is 15.6 Å². The first-order valence-electron chi connectivity index (χ1n) is 5.57. The van der Waals surface area contributed by atoms with Crippen molar-refractivity contribution in [2.45, 2.75) is 6.18 Å². The van der Waals surface area contributed by atoms with E-state index in [0.717, 1.165) is 5.69 Å². The number of hydrogen-bond donors (Lipinski definition) is 1. The third kappa shape index (κ3) is 3.97. The molecule has 1 heterocycles. The van der Waals surface area contributed by atoms with E-state index >= 15 is 0 Å². The highest BCUT2D eigenvalue weighted by molar-refractivity contribution is 7.13. The van der Waals surface area contributed by atoms with Crippen LogP contribution in [0.25, 0.3) is 6.08 Å². The lowest BCUT2D eigenvalue weighted by molar-refractivity contribution is -0.140. The van der Waals surface area contributed by atoms with Crippen LogP contribution in [0.4, 0.5) is 18.9 Å². The van der Waals surface area contributed by atoms with Crippen LogP contribution in [-0.2, 0) is 6.18 Å². The number of anilines is 1. The predicted molar refractivity (Wildman–Crippen MR) is 75.9 cm³/mol. The molecule has 2 rings (SSSR count). The van der Waals surface area contributed by atoms with Gasteiger partial charge in [0.2, 0.25) is 0 Å². The fraction of sp³-hybridized carbons (Fsp3) is 0.0769. The summed E-state index contributed by atoms with van der Waals surface area (Å²) in [5, 5.41) is 12.2. The summed E-state index contributed by atoms with van der Waals surface area (Å²) in [6.45, 7) is 0. The third-order valence-electron chi connectivity index (χ3n) is 2.33. The van der Waals surface area contributed by atoms with E-state index in [0.29, 0.717) is 16.4 Å². The molecule has 0 unspecified atom stereocenters. The number of alkyl halides is 3. The minimum atomic E-state index is -4.63. The third-order valence-corrected chi connectivity index (χ3v) is 3.51. The molecule has 108 valence electrons. The monoisotopic (exact) mass is 329 g/mol. The molecule has 0 saturated heterocycles. The van der Waals surface area contributed by atoms with Crippen molar-refractivity contribution < 1.29 is 13.2 Å². The molecule has 1 aromatic heterocycles. The second kappa shape index (κ2) is 6.16. The molecule has 1 aromatic carbocycles. The van der Waals surface area contributed by atoms with Crippen LogP contribution in [0.15, 0.2) is 30.5 Å². The molecule has 21 heavy (non-hydrogen) atoms. The van der Waals surface area contributed by atoms with E-state index in [4.69, 9.17) is 16.9 Å². The Labute approximate surface area is 127 Å². The van der Waals surface area contributed by atoms with E-state index in [-0.39, 0.29) is 5.01 Å². The Balaban J connectivity index is 2.13. The highest BCUT2D eigenvalue weighted by atomic mass is 35.5. The van der Waals surface area contributed by atoms with Gasteiger partial charge in [0.05, 0.1) is 0 Å². The maximum Gasteiger partial charge on any atom is 0.435 e. The van der Waals surface area contributed by atoms with Gasteiger partial charge in [-0.05, 0) is 30.3 Å². The van der Waals surface area contributed by atoms with Crippen LogP contribution in [-0.4, -0.2) is 4.98 Å². The van der Waals surface area contributed by atoms with E-state index in [1.54, 1.807) is 24.3 Å². The summed E-state index contributed by atoms with van der Waals surface area (Å²) < 4.78 is 37.8. The summed E-state index contributed by atoms with van der Waals surface area (Å²) in [4.78, 5) is 2.97. The van der Waals surface area contributed by atoms with Crippen molar-refractivity contribution in [3.63, 3.8) is 0 Å². The standard InChI is InChI=1S/C13H7ClF3N3S/c14-8-1-3-9(4-2-8)19-6-5-11-20-12(13(15,16)17)10(7-18)21-11/h1-6,19H/b6-5+. The van der Waals surface area contributed by atoms with Crippen molar-refractivity contribution in [3.05, 3.63) is 51.1 Å². The highest BCUT2D eigenvalue weighted by Gasteiger charge is 2.37. The van der Waals surface area contributed by atoms with E-state index < -0.39 is 16.7 Å². The van der Waals surface area contributed by atoms with Crippen molar-refractivity contribution in [1.29, 1.82) is 5.26 Å². The van der Waals surface area contributed by atoms with Crippen LogP contribution in [0.3, 0.4) is 0 Å². The van der Waals surface area contributed by atoms with E-state index in [2.05, 4.69) is 10.3 Å². The van der Waals surface area contributed by atoms with Crippen molar-refractivity contribution in [2.75, 3.05) is 5.32 Å². The van der Waals surface area contributed by atoms with Gasteiger partial charge in [-0.1, -0.05) is 11.6 Å². The number of rotatable bonds is 3. The molecule has 0 aliphatic heterocycles. The molecule has 8 heteroatoms. The number of nitrogens with zero attached hydrogens (tertiary/aromatic N) is 2. The van der Waals surface area contributed by atoms with Crippen LogP contribution >= 0.6 is 22.9 Å². The number of hydrogen-bond acceptors (Lipinski definition) is 4. The lowest BCUT2D eigenvalue weighted by atomic mass is 10.3. The number of nitriles is 1. The number of halogens is 4. The van der Waals surface area contributed by atoms with Gasteiger partial charge in [0.25, 0.3) is 0 Å². The zero-order valence-corrected chi connectivity index (χ0v) is 11.9. The summed E-state index contributed by atoms with van der Waals surface area (Å²) in [6, 6.07) is 8.30. The first-order valence-corrected chi connectivity index (χ1v) is 6.76. The fourth-order valence-electron chi connectivity index (χ4n) is 1.43. The lowest BCUT2D eigenvalue weighted by Crippen LogP contribution is -2.07. The smallest absolute Gasteiger partial charge is 0.362 e. The van der Waals surface area contributed by atoms with Crippen molar-refractivity contribution in [2.24, 2.45) is 0 Å². The largest absolute Gasteiger partial charge is 0.435 e. The van der Waals surface area contributed by atoms with Gasteiger partial charge in [-0.15, -0.1) is 11.3 Å². The molecule has 0 aliphatic rings. The normalized spacial score (nSPS) is 11.6. The molecule has 0 bridgehead atoms. The minimum absolute atomic E-state index is 0.0975. The molecule has 0 fully saturated rings. The lowest BCUT2D eigenvalue weighted by Gasteiger charge is -2.01. The van der Waals surface area contributed by atoms with Crippen molar-refractivity contribution in [3.8, 4) is 6.07 Å². The van der Waals surface area contributed by atoms with Gasteiger partial charge in [0.15, 0.2) is 5.69 Å². The van der Waals surface area contributed by atoms with Crippen molar-refractivity contribution >= 4 is 34.7 Å². The van der Waals surface area contributed by atoms with Gasteiger partial charge >= 0.3 is 6.18 Å². The Morgan fingerprint density at radius 2 is 1.95 bits per heavy atom. The Morgan fingerprint density at radius 3 is 2.48 bits per heavy atom. The van der Waals surface area contributed by atoms with Crippen LogP contribution < -0.4 is 5.32 Å². The molecule has 3 nitrogen and oxygen atoms in total. The van der Waals surface area contributed by atoms with Gasteiger partial charge in [-0.3, -0.25) is 0 Å². The molecule has 0 aliphatic carbocycles. The molecule has 0 amide bonds. The molecule has 1 N–H and O–H groups in total. The average Bonchev–Trinajstić information content (AvgIpc) is 2.84. The molecular formula is C13H7ClF3N3S. The van der Waals surface area contributed by atoms with E-state index in [9.17, 15) is 13.2 Å². The summed E-state index contributed by atoms with van der Waals surface area (Å²) in [5.74, 6) is 0. The second-order valence-corrected chi connectivity index (χ2v) is 5.29. The fourth-order valence-corrected chi connectivity index (χ4v) is 2.34. The van der Waals surface area contributed by atoms with Crippen LogP contribution in [0.2, 0.25) is 5.02 Å². The quantitative estimate of drug-likeness (QED) is 0.882. The highest BCUT2D eigenvalue weighted by Crippen LogP contribution is 2.34. The second-order valence-electron chi connectivity index (χ2n) is 3.82. The van der Waals surface area contributed by atoms with Gasteiger partial charge in [0, 0.05) is 16.9 Å². The van der Waals surface area contributed by atoms with Gasteiger partial charge < -0.3 is 5.32 Å². The topological polar surface area (TPSA) is 48.7 Å². The van der Waals surface area contributed by atoms with E-state index in [1.165, 1.54) is 18.3 Å². The Kier molecular flexibility index (Phi) is 4.50. The molecule has 2 aromatic rings. The maximum absolute atomic E-state index is 12.6. The number of aromatic nitrogens is 1. The molecule has 0 atom stereocenters. The summed E-state index contributed by atoms with van der Waals surface area (Å²) in [6.07, 6.45) is -1.81. The van der Waals surface area contributed by atoms with Crippen LogP contribution in [0, 0.1) is 11.3 Å². The SMILES string of the molecule is N#Cc1sc(/C=C/Nc2ccc(Cl)cc2)nc1C(F)(F)F. The zero-order chi connectivity index (χ0) is 15.5. The van der Waals surface area contributed by atoms with Gasteiger partial charge in [-0.25, -0.2) is 4.98 Å². The predicted octanol–water partition coefficient (Wildman–Crippen LogP) is 4.77. The minimum Gasteiger partial charge on any atom is -0.362 e. The zero-order valence-electron chi connectivity index (χ0n) is 10.3. The summed E-state index contributed by atoms with van der Waals surface area (Å²) in [5.41, 5.74) is -0.426. The molecule has 0 saturated carbocycles. The van der Waals surface area contributed by atoms with Gasteiger partial charge in [-0.2, -0.15) is 18.4 Å². The number of nitrogens with one attached hydrogen (secondary N) is 1.